The summed E-state index contributed by atoms with van der Waals surface area (Å²) in [5.74, 6) is 0. The van der Waals surface area contributed by atoms with E-state index in [0.717, 1.165) is 0 Å². The fourth-order valence-electron chi connectivity index (χ4n) is 0.215. The Hall–Kier alpha value is -0.830. The Kier molecular flexibility index (Phi) is 2.08. The number of hydrogen-bond donors (Lipinski definition) is 1. The van der Waals surface area contributed by atoms with Crippen LogP contribution in [0.2, 0.25) is 0 Å². The summed E-state index contributed by atoms with van der Waals surface area (Å²) in [5.41, 5.74) is 0. The molecule has 0 aliphatic carbocycles. The first-order chi connectivity index (χ1) is 2.50. The third-order valence-electron chi connectivity index (χ3n) is 0.406. The molecule has 0 saturated heterocycles. The summed E-state index contributed by atoms with van der Waals surface area (Å²) in [6, 6.07) is 0. The highest BCUT2D eigenvalue weighted by molar-refractivity contribution is 4.64. The molecule has 0 aliphatic heterocycles. The van der Waals surface area contributed by atoms with Gasteiger partial charge in [0.1, 0.15) is 0 Å². The van der Waals surface area contributed by atoms with Gasteiger partial charge in [0.2, 0.25) is 0 Å². The van der Waals surface area contributed by atoms with Crippen molar-refractivity contribution in [3.63, 3.8) is 0 Å². The summed E-state index contributed by atoms with van der Waals surface area (Å²) >= 11 is 0. The van der Waals surface area contributed by atoms with Gasteiger partial charge in [0.15, 0.2) is 0 Å². The molecule has 1 aromatic heterocycles. The summed E-state index contributed by atoms with van der Waals surface area (Å²) in [4.78, 5) is 6.42. The summed E-state index contributed by atoms with van der Waals surface area (Å²) in [6.07, 6.45) is 5.08. The first-order valence-electron chi connectivity index (χ1n) is 1.43. The number of hydrogen-bond acceptors (Lipinski definition) is 1. The third kappa shape index (κ3) is 0.858. The maximum Gasteiger partial charge on any atom is 0.0919 e. The van der Waals surface area contributed by atoms with Gasteiger partial charge in [-0.3, -0.25) is 0 Å². The molecule has 1 N–H and O–H groups in total. The van der Waals surface area contributed by atoms with Gasteiger partial charge >= 0.3 is 0 Å². The molecule has 3 radical (unpaired) electrons. The van der Waals surface area contributed by atoms with Gasteiger partial charge in [0.05, 0.1) is 6.33 Å². The molecule has 1 aromatic rings. The zero-order chi connectivity index (χ0) is 3.54. The first-order valence-corrected chi connectivity index (χ1v) is 1.43. The molecule has 0 amide bonds. The lowest BCUT2D eigenvalue weighted by Gasteiger charge is -1.46. The molecule has 1 heterocycles. The van der Waals surface area contributed by atoms with Crippen molar-refractivity contribution in [2.24, 2.45) is 0 Å². The molecule has 6 heavy (non-hydrogen) atoms. The molecule has 0 aliphatic rings. The van der Waals surface area contributed by atoms with Crippen molar-refractivity contribution in [3.05, 3.63) is 18.7 Å². The average molecular weight is 82.1 g/mol. The topological polar surface area (TPSA) is 59.2 Å². The van der Waals surface area contributed by atoms with Gasteiger partial charge in [-0.25, -0.2) is 4.98 Å². The van der Waals surface area contributed by atoms with Crippen LogP contribution >= 0.6 is 0 Å². The molecule has 0 saturated carbocycles. The van der Waals surface area contributed by atoms with E-state index in [2.05, 4.69) is 9.97 Å². The van der Waals surface area contributed by atoms with Crippen molar-refractivity contribution >= 4 is 0 Å². The molecule has 0 bridgehead atoms. The lowest BCUT2D eigenvalue weighted by atomic mass is 11.0. The Labute approximate surface area is 36.0 Å². The zero-order valence-electron chi connectivity index (χ0n) is 3.13. The van der Waals surface area contributed by atoms with E-state index in [1.54, 1.807) is 18.7 Å². The van der Waals surface area contributed by atoms with Gasteiger partial charge in [0.25, 0.3) is 0 Å². The van der Waals surface area contributed by atoms with Crippen LogP contribution < -0.4 is 6.15 Å². The van der Waals surface area contributed by atoms with Gasteiger partial charge in [0, 0.05) is 18.5 Å². The van der Waals surface area contributed by atoms with Crippen LogP contribution in [0.1, 0.15) is 0 Å². The molecule has 0 unspecified atom stereocenters. The zero-order valence-corrected chi connectivity index (χ0v) is 3.13. The van der Waals surface area contributed by atoms with Crippen molar-refractivity contribution in [2.45, 2.75) is 0 Å². The van der Waals surface area contributed by atoms with E-state index in [0.29, 0.717) is 0 Å². The van der Waals surface area contributed by atoms with Gasteiger partial charge < -0.3 is 4.98 Å². The number of aromatic nitrogens is 2. The van der Waals surface area contributed by atoms with Crippen LogP contribution in [-0.2, 0) is 0 Å². The van der Waals surface area contributed by atoms with Crippen molar-refractivity contribution in [3.8, 4) is 0 Å². The van der Waals surface area contributed by atoms with Crippen molar-refractivity contribution in [2.75, 3.05) is 0 Å². The van der Waals surface area contributed by atoms with Crippen LogP contribution in [0.25, 0.3) is 0 Å². The van der Waals surface area contributed by atoms with Crippen LogP contribution in [-0.4, -0.2) is 9.97 Å². The summed E-state index contributed by atoms with van der Waals surface area (Å²) in [5, 5.41) is 0. The van der Waals surface area contributed by atoms with Crippen LogP contribution in [0.5, 0.6) is 0 Å². The van der Waals surface area contributed by atoms with Gasteiger partial charge in [-0.2, -0.15) is 0 Å². The fourth-order valence-corrected chi connectivity index (χ4v) is 0.215. The van der Waals surface area contributed by atoms with Crippen LogP contribution in [0.15, 0.2) is 18.7 Å². The molecule has 3 nitrogen and oxygen atoms in total. The van der Waals surface area contributed by atoms with E-state index < -0.39 is 0 Å². The molecule has 1 rings (SSSR count). The predicted molar refractivity (Wildman–Crippen MR) is 20.7 cm³/mol. The number of nitrogens with zero attached hydrogens (tertiary/aromatic N) is 2. The number of rotatable bonds is 0. The lowest BCUT2D eigenvalue weighted by molar-refractivity contribution is 1.31. The predicted octanol–water partition coefficient (Wildman–Crippen LogP) is -0.0709. The molecule has 3 heteroatoms. The van der Waals surface area contributed by atoms with E-state index in [-0.39, 0.29) is 6.15 Å². The minimum Gasteiger partial charge on any atom is -0.351 e. The molecule has 31 valence electrons. The average Bonchev–Trinajstić information content (AvgIpc) is 1.76. The Morgan fingerprint density at radius 2 is 2.33 bits per heavy atom. The van der Waals surface area contributed by atoms with E-state index in [1.165, 1.54) is 0 Å². The standard InChI is InChI=1S/C3H4N2.N/c1-2-5-3-4-1;/h1-3H,(H,4,5);. The van der Waals surface area contributed by atoms with E-state index >= 15 is 0 Å². The Balaban J connectivity index is 0.000000250. The number of H-pyrrole nitrogens is 1. The monoisotopic (exact) mass is 82.0 g/mol. The molecule has 0 spiro atoms. The summed E-state index contributed by atoms with van der Waals surface area (Å²) in [6.45, 7) is 0. The normalized spacial score (nSPS) is 6.67. The Morgan fingerprint density at radius 1 is 1.50 bits per heavy atom. The Morgan fingerprint density at radius 3 is 2.50 bits per heavy atom. The SMILES string of the molecule is [N].c1c[nH]cn1. The highest BCUT2D eigenvalue weighted by Gasteiger charge is 1.56. The second-order valence-electron chi connectivity index (χ2n) is 0.761. The van der Waals surface area contributed by atoms with Gasteiger partial charge in [-0.15, -0.1) is 0 Å². The third-order valence-corrected chi connectivity index (χ3v) is 0.406. The van der Waals surface area contributed by atoms with Crippen LogP contribution in [0.4, 0.5) is 0 Å². The van der Waals surface area contributed by atoms with Crippen molar-refractivity contribution in [1.82, 2.24) is 16.1 Å². The highest BCUT2D eigenvalue weighted by Crippen LogP contribution is 1.62. The summed E-state index contributed by atoms with van der Waals surface area (Å²) in [7, 11) is 0. The fraction of sp³-hybridized carbons (Fsp3) is 0. The van der Waals surface area contributed by atoms with Gasteiger partial charge in [-0.1, -0.05) is 0 Å². The molecule has 0 atom stereocenters. The second kappa shape index (κ2) is 2.41. The van der Waals surface area contributed by atoms with Crippen molar-refractivity contribution in [1.29, 1.82) is 0 Å². The molecular weight excluding hydrogens is 78.1 g/mol. The largest absolute Gasteiger partial charge is 0.351 e. The maximum atomic E-state index is 3.67. The van der Waals surface area contributed by atoms with Crippen LogP contribution in [0.3, 0.4) is 0 Å². The molecule has 0 fully saturated rings. The lowest BCUT2D eigenvalue weighted by Crippen LogP contribution is -1.44. The van der Waals surface area contributed by atoms with E-state index in [1.807, 2.05) is 0 Å². The number of nitrogens with one attached hydrogen (secondary N) is 1. The smallest absolute Gasteiger partial charge is 0.0919 e. The summed E-state index contributed by atoms with van der Waals surface area (Å²) < 4.78 is 0. The second-order valence-corrected chi connectivity index (χ2v) is 0.761. The minimum atomic E-state index is 0. The number of imidazole rings is 1. The maximum absolute atomic E-state index is 3.67. The van der Waals surface area contributed by atoms with Gasteiger partial charge in [-0.05, 0) is 0 Å². The van der Waals surface area contributed by atoms with Crippen molar-refractivity contribution < 1.29 is 0 Å². The molecular formula is C3H4N3. The van der Waals surface area contributed by atoms with E-state index in [9.17, 15) is 0 Å². The minimum absolute atomic E-state index is 0. The first kappa shape index (κ1) is 5.17. The van der Waals surface area contributed by atoms with Crippen LogP contribution in [0, 0.1) is 0 Å². The molecule has 0 aromatic carbocycles. The van der Waals surface area contributed by atoms with E-state index in [4.69, 9.17) is 0 Å². The Bertz CT molecular complexity index is 62.5. The quantitative estimate of drug-likeness (QED) is 0.468. The highest BCUT2D eigenvalue weighted by atomic mass is 14.8. The number of aromatic amines is 1.